The van der Waals surface area contributed by atoms with Crippen molar-refractivity contribution in [3.63, 3.8) is 0 Å². The van der Waals surface area contributed by atoms with Gasteiger partial charge in [0.25, 0.3) is 0 Å². The molecule has 0 spiro atoms. The van der Waals surface area contributed by atoms with E-state index in [-0.39, 0.29) is 0 Å². The van der Waals surface area contributed by atoms with Crippen LogP contribution in [0.15, 0.2) is 18.3 Å². The highest BCUT2D eigenvalue weighted by Crippen LogP contribution is 2.26. The van der Waals surface area contributed by atoms with Crippen LogP contribution in [0.3, 0.4) is 0 Å². The van der Waals surface area contributed by atoms with Crippen LogP contribution in [0.5, 0.6) is 0 Å². The predicted molar refractivity (Wildman–Crippen MR) is 62.8 cm³/mol. The summed E-state index contributed by atoms with van der Waals surface area (Å²) in [7, 11) is 0. The molecule has 3 nitrogen and oxygen atoms in total. The summed E-state index contributed by atoms with van der Waals surface area (Å²) in [5.41, 5.74) is 7.74. The average molecular weight is 205 g/mol. The highest BCUT2D eigenvalue weighted by Gasteiger charge is 2.22. The lowest BCUT2D eigenvalue weighted by Gasteiger charge is -2.25. The number of hydrogen-bond donors (Lipinski definition) is 1. The van der Waals surface area contributed by atoms with Crippen LogP contribution in [0.4, 0.5) is 5.69 Å². The van der Waals surface area contributed by atoms with E-state index in [1.807, 2.05) is 12.3 Å². The number of hydrogen-bond acceptors (Lipinski definition) is 3. The van der Waals surface area contributed by atoms with Crippen molar-refractivity contribution < 1.29 is 0 Å². The third-order valence-corrected chi connectivity index (χ3v) is 3.20. The summed E-state index contributed by atoms with van der Waals surface area (Å²) in [5.74, 6) is 0. The monoisotopic (exact) mass is 205 g/mol. The summed E-state index contributed by atoms with van der Waals surface area (Å²) in [4.78, 5) is 6.81. The number of nitrogens with zero attached hydrogens (tertiary/aromatic N) is 2. The summed E-state index contributed by atoms with van der Waals surface area (Å²) in [5, 5.41) is 0. The molecule has 15 heavy (non-hydrogen) atoms. The molecule has 1 aliphatic heterocycles. The van der Waals surface area contributed by atoms with E-state index < -0.39 is 0 Å². The highest BCUT2D eigenvalue weighted by molar-refractivity contribution is 5.46. The Morgan fingerprint density at radius 2 is 2.40 bits per heavy atom. The number of nitrogens with two attached hydrogens (primary N) is 1. The van der Waals surface area contributed by atoms with E-state index in [2.05, 4.69) is 22.9 Å². The zero-order valence-electron chi connectivity index (χ0n) is 9.32. The largest absolute Gasteiger partial charge is 0.367 e. The minimum Gasteiger partial charge on any atom is -0.367 e. The van der Waals surface area contributed by atoms with Gasteiger partial charge in [-0.2, -0.15) is 0 Å². The van der Waals surface area contributed by atoms with Crippen molar-refractivity contribution in [1.82, 2.24) is 4.98 Å². The molecule has 0 saturated carbocycles. The van der Waals surface area contributed by atoms with E-state index in [4.69, 9.17) is 5.73 Å². The summed E-state index contributed by atoms with van der Waals surface area (Å²) >= 11 is 0. The maximum absolute atomic E-state index is 5.53. The van der Waals surface area contributed by atoms with Gasteiger partial charge in [0, 0.05) is 19.1 Å². The Morgan fingerprint density at radius 3 is 3.00 bits per heavy atom. The molecule has 2 heterocycles. The maximum atomic E-state index is 5.53. The van der Waals surface area contributed by atoms with Crippen molar-refractivity contribution in [2.75, 3.05) is 11.4 Å². The molecule has 0 radical (unpaired) electrons. The minimum atomic E-state index is 0.525. The molecule has 1 aromatic heterocycles. The lowest BCUT2D eigenvalue weighted by Crippen LogP contribution is -2.28. The second-order valence-corrected chi connectivity index (χ2v) is 4.11. The quantitative estimate of drug-likeness (QED) is 0.819. The van der Waals surface area contributed by atoms with Crippen LogP contribution in [-0.4, -0.2) is 17.6 Å². The summed E-state index contributed by atoms with van der Waals surface area (Å²) in [6.07, 6.45) is 5.79. The van der Waals surface area contributed by atoms with Crippen LogP contribution in [0.25, 0.3) is 0 Å². The van der Waals surface area contributed by atoms with E-state index in [1.54, 1.807) is 0 Å². The Balaban J connectivity index is 2.14. The fraction of sp³-hybridized carbons (Fsp3) is 0.583. The Bertz CT molecular complexity index is 307. The minimum absolute atomic E-state index is 0.525. The molecule has 1 unspecified atom stereocenters. The highest BCUT2D eigenvalue weighted by atomic mass is 15.2. The van der Waals surface area contributed by atoms with Gasteiger partial charge in [0.05, 0.1) is 17.6 Å². The van der Waals surface area contributed by atoms with Gasteiger partial charge in [0.2, 0.25) is 0 Å². The van der Waals surface area contributed by atoms with Crippen LogP contribution in [0, 0.1) is 0 Å². The van der Waals surface area contributed by atoms with Crippen molar-refractivity contribution >= 4 is 5.69 Å². The summed E-state index contributed by atoms with van der Waals surface area (Å²) < 4.78 is 0. The van der Waals surface area contributed by atoms with Gasteiger partial charge in [-0.3, -0.25) is 4.98 Å². The van der Waals surface area contributed by atoms with Crippen LogP contribution in [0.1, 0.15) is 31.9 Å². The second-order valence-electron chi connectivity index (χ2n) is 4.11. The summed E-state index contributed by atoms with van der Waals surface area (Å²) in [6.45, 7) is 3.95. The van der Waals surface area contributed by atoms with Crippen molar-refractivity contribution in [2.45, 2.75) is 38.8 Å². The maximum Gasteiger partial charge on any atom is 0.0555 e. The van der Waals surface area contributed by atoms with Gasteiger partial charge in [-0.1, -0.05) is 6.92 Å². The Kier molecular flexibility index (Phi) is 3.21. The normalized spacial score (nSPS) is 20.9. The first kappa shape index (κ1) is 10.4. The van der Waals surface area contributed by atoms with Crippen molar-refractivity contribution in [3.8, 4) is 0 Å². The van der Waals surface area contributed by atoms with E-state index in [9.17, 15) is 0 Å². The SMILES string of the molecule is CCC1CCCN1c1ccc(CN)nc1. The first-order valence-electron chi connectivity index (χ1n) is 5.76. The van der Waals surface area contributed by atoms with E-state index in [0.29, 0.717) is 12.6 Å². The Labute approximate surface area is 91.3 Å². The van der Waals surface area contributed by atoms with Gasteiger partial charge in [0.1, 0.15) is 0 Å². The van der Waals surface area contributed by atoms with Crippen molar-refractivity contribution in [3.05, 3.63) is 24.0 Å². The molecule has 82 valence electrons. The number of aromatic nitrogens is 1. The molecule has 0 amide bonds. The fourth-order valence-corrected chi connectivity index (χ4v) is 2.31. The number of rotatable bonds is 3. The van der Waals surface area contributed by atoms with Gasteiger partial charge < -0.3 is 10.6 Å². The Hall–Kier alpha value is -1.09. The first-order valence-corrected chi connectivity index (χ1v) is 5.76. The standard InChI is InChI=1S/C12H19N3/c1-2-11-4-3-7-15(11)12-6-5-10(8-13)14-9-12/h5-6,9,11H,2-4,7-8,13H2,1H3. The second kappa shape index (κ2) is 4.62. The van der Waals surface area contributed by atoms with Crippen LogP contribution in [-0.2, 0) is 6.54 Å². The smallest absolute Gasteiger partial charge is 0.0555 e. The molecule has 0 bridgehead atoms. The molecule has 0 aliphatic carbocycles. The lowest BCUT2D eigenvalue weighted by molar-refractivity contribution is 0.644. The molecule has 1 saturated heterocycles. The fourth-order valence-electron chi connectivity index (χ4n) is 2.31. The van der Waals surface area contributed by atoms with Gasteiger partial charge in [-0.25, -0.2) is 0 Å². The zero-order valence-corrected chi connectivity index (χ0v) is 9.32. The number of anilines is 1. The molecular formula is C12H19N3. The summed E-state index contributed by atoms with van der Waals surface area (Å²) in [6, 6.07) is 4.87. The number of pyridine rings is 1. The third kappa shape index (κ3) is 2.12. The van der Waals surface area contributed by atoms with Gasteiger partial charge in [-0.05, 0) is 31.4 Å². The molecule has 2 N–H and O–H groups in total. The van der Waals surface area contributed by atoms with Crippen molar-refractivity contribution in [2.24, 2.45) is 5.73 Å². The molecular weight excluding hydrogens is 186 g/mol. The molecule has 3 heteroatoms. The van der Waals surface area contributed by atoms with Gasteiger partial charge in [-0.15, -0.1) is 0 Å². The zero-order chi connectivity index (χ0) is 10.7. The Morgan fingerprint density at radius 1 is 1.53 bits per heavy atom. The molecule has 0 aromatic carbocycles. The third-order valence-electron chi connectivity index (χ3n) is 3.20. The van der Waals surface area contributed by atoms with Crippen molar-refractivity contribution in [1.29, 1.82) is 0 Å². The van der Waals surface area contributed by atoms with Gasteiger partial charge >= 0.3 is 0 Å². The first-order chi connectivity index (χ1) is 7.35. The average Bonchev–Trinajstić information content (AvgIpc) is 2.77. The molecule has 1 fully saturated rings. The van der Waals surface area contributed by atoms with Crippen LogP contribution in [0.2, 0.25) is 0 Å². The van der Waals surface area contributed by atoms with Crippen LogP contribution < -0.4 is 10.6 Å². The predicted octanol–water partition coefficient (Wildman–Crippen LogP) is 1.92. The molecule has 1 aliphatic rings. The molecule has 1 atom stereocenters. The lowest BCUT2D eigenvalue weighted by atomic mass is 10.1. The topological polar surface area (TPSA) is 42.1 Å². The van der Waals surface area contributed by atoms with E-state index in [1.165, 1.54) is 31.5 Å². The molecule has 2 rings (SSSR count). The van der Waals surface area contributed by atoms with Crippen LogP contribution >= 0.6 is 0 Å². The van der Waals surface area contributed by atoms with E-state index in [0.717, 1.165) is 5.69 Å². The molecule has 1 aromatic rings. The van der Waals surface area contributed by atoms with Gasteiger partial charge in [0.15, 0.2) is 0 Å². The van der Waals surface area contributed by atoms with E-state index >= 15 is 0 Å².